The molecule has 1 amide bonds. The summed E-state index contributed by atoms with van der Waals surface area (Å²) in [5.74, 6) is 0.299. The van der Waals surface area contributed by atoms with Crippen LogP contribution in [0.2, 0.25) is 0 Å². The zero-order chi connectivity index (χ0) is 10.7. The third kappa shape index (κ3) is 2.18. The first-order valence-corrected chi connectivity index (χ1v) is 5.26. The molecular weight excluding hydrogens is 190 g/mol. The van der Waals surface area contributed by atoms with Crippen molar-refractivity contribution in [2.24, 2.45) is 0 Å². The Labute approximate surface area is 89.1 Å². The Kier molecular flexibility index (Phi) is 3.02. The maximum Gasteiger partial charge on any atom is 0.220 e. The first kappa shape index (κ1) is 10.2. The number of benzene rings is 1. The molecule has 3 heteroatoms. The number of aliphatic hydroxyl groups excluding tert-OH is 1. The van der Waals surface area contributed by atoms with Crippen LogP contribution in [0.4, 0.5) is 0 Å². The normalized spacial score (nSPS) is 25.3. The van der Waals surface area contributed by atoms with E-state index >= 15 is 0 Å². The molecule has 0 bridgehead atoms. The standard InChI is InChI=1S/C12H15NO2/c14-7-6-11-10(8-12(15)13-11)9-4-2-1-3-5-9/h1-5,10-11,14H,6-8H2,(H,13,15)/t10-,11-/m1/s1. The second-order valence-electron chi connectivity index (χ2n) is 3.91. The molecule has 1 aromatic carbocycles. The van der Waals surface area contributed by atoms with Crippen molar-refractivity contribution >= 4 is 5.91 Å². The van der Waals surface area contributed by atoms with Gasteiger partial charge in [-0.15, -0.1) is 0 Å². The lowest BCUT2D eigenvalue weighted by molar-refractivity contribution is -0.119. The van der Waals surface area contributed by atoms with Crippen LogP contribution in [0.1, 0.15) is 24.3 Å². The van der Waals surface area contributed by atoms with Gasteiger partial charge >= 0.3 is 0 Å². The Hall–Kier alpha value is -1.35. The highest BCUT2D eigenvalue weighted by atomic mass is 16.3. The Morgan fingerprint density at radius 3 is 2.73 bits per heavy atom. The molecule has 2 rings (SSSR count). The van der Waals surface area contributed by atoms with Gasteiger partial charge in [-0.1, -0.05) is 30.3 Å². The van der Waals surface area contributed by atoms with E-state index in [0.29, 0.717) is 12.8 Å². The van der Waals surface area contributed by atoms with Crippen LogP contribution in [0, 0.1) is 0 Å². The van der Waals surface area contributed by atoms with E-state index in [1.54, 1.807) is 0 Å². The van der Waals surface area contributed by atoms with Crippen LogP contribution in [0.5, 0.6) is 0 Å². The summed E-state index contributed by atoms with van der Waals surface area (Å²) in [7, 11) is 0. The number of aliphatic hydroxyl groups is 1. The van der Waals surface area contributed by atoms with E-state index < -0.39 is 0 Å². The molecule has 1 aromatic rings. The van der Waals surface area contributed by atoms with E-state index in [1.807, 2.05) is 30.3 Å². The van der Waals surface area contributed by atoms with Gasteiger partial charge in [-0.25, -0.2) is 0 Å². The second-order valence-corrected chi connectivity index (χ2v) is 3.91. The summed E-state index contributed by atoms with van der Waals surface area (Å²) < 4.78 is 0. The molecule has 1 aliphatic rings. The SMILES string of the molecule is O=C1C[C@H](c2ccccc2)[C@@H](CCO)N1. The van der Waals surface area contributed by atoms with Crippen LogP contribution in [0.3, 0.4) is 0 Å². The molecule has 1 saturated heterocycles. The zero-order valence-corrected chi connectivity index (χ0v) is 8.52. The quantitative estimate of drug-likeness (QED) is 0.774. The monoisotopic (exact) mass is 205 g/mol. The predicted molar refractivity (Wildman–Crippen MR) is 57.4 cm³/mol. The minimum absolute atomic E-state index is 0.0855. The minimum atomic E-state index is 0.0855. The van der Waals surface area contributed by atoms with Crippen LogP contribution in [-0.2, 0) is 4.79 Å². The number of hydrogen-bond acceptors (Lipinski definition) is 2. The van der Waals surface area contributed by atoms with Gasteiger partial charge in [-0.3, -0.25) is 4.79 Å². The van der Waals surface area contributed by atoms with Gasteiger partial charge in [0, 0.05) is 25.0 Å². The molecule has 0 spiro atoms. The summed E-state index contributed by atoms with van der Waals surface area (Å²) in [4.78, 5) is 11.3. The zero-order valence-electron chi connectivity index (χ0n) is 8.52. The van der Waals surface area contributed by atoms with Crippen LogP contribution in [0.25, 0.3) is 0 Å². The lowest BCUT2D eigenvalue weighted by Gasteiger charge is -2.17. The molecule has 3 nitrogen and oxygen atoms in total. The lowest BCUT2D eigenvalue weighted by Crippen LogP contribution is -2.29. The molecule has 0 unspecified atom stereocenters. The van der Waals surface area contributed by atoms with E-state index in [4.69, 9.17) is 5.11 Å². The molecule has 0 radical (unpaired) electrons. The fourth-order valence-corrected chi connectivity index (χ4v) is 2.17. The molecule has 0 aliphatic carbocycles. The highest BCUT2D eigenvalue weighted by molar-refractivity contribution is 5.80. The summed E-state index contributed by atoms with van der Waals surface area (Å²) >= 11 is 0. The average Bonchev–Trinajstić information content (AvgIpc) is 2.62. The van der Waals surface area contributed by atoms with Crippen molar-refractivity contribution in [3.8, 4) is 0 Å². The van der Waals surface area contributed by atoms with Gasteiger partial charge in [-0.05, 0) is 12.0 Å². The van der Waals surface area contributed by atoms with Gasteiger partial charge in [0.1, 0.15) is 0 Å². The Morgan fingerprint density at radius 2 is 2.07 bits per heavy atom. The smallest absolute Gasteiger partial charge is 0.220 e. The van der Waals surface area contributed by atoms with E-state index in [9.17, 15) is 4.79 Å². The fraction of sp³-hybridized carbons (Fsp3) is 0.417. The van der Waals surface area contributed by atoms with E-state index in [2.05, 4.69) is 5.32 Å². The van der Waals surface area contributed by atoms with Crippen molar-refractivity contribution in [1.82, 2.24) is 5.32 Å². The van der Waals surface area contributed by atoms with Crippen LogP contribution < -0.4 is 5.32 Å². The fourth-order valence-electron chi connectivity index (χ4n) is 2.17. The number of carbonyl (C=O) groups excluding carboxylic acids is 1. The Morgan fingerprint density at radius 1 is 1.33 bits per heavy atom. The maximum atomic E-state index is 11.3. The van der Waals surface area contributed by atoms with Gasteiger partial charge in [0.15, 0.2) is 0 Å². The van der Waals surface area contributed by atoms with Crippen molar-refractivity contribution < 1.29 is 9.90 Å². The number of rotatable bonds is 3. The molecule has 2 N–H and O–H groups in total. The maximum absolute atomic E-state index is 11.3. The van der Waals surface area contributed by atoms with Crippen molar-refractivity contribution in [3.63, 3.8) is 0 Å². The second kappa shape index (κ2) is 4.45. The van der Waals surface area contributed by atoms with E-state index in [0.717, 1.165) is 0 Å². The average molecular weight is 205 g/mol. The van der Waals surface area contributed by atoms with E-state index in [-0.39, 0.29) is 24.5 Å². The lowest BCUT2D eigenvalue weighted by atomic mass is 9.90. The van der Waals surface area contributed by atoms with Gasteiger partial charge in [0.05, 0.1) is 0 Å². The predicted octanol–water partition coefficient (Wildman–Crippen LogP) is 1.04. The molecule has 1 fully saturated rings. The number of hydrogen-bond donors (Lipinski definition) is 2. The van der Waals surface area contributed by atoms with Crippen LogP contribution in [-0.4, -0.2) is 23.7 Å². The summed E-state index contributed by atoms with van der Waals surface area (Å²) in [6.07, 6.45) is 1.17. The number of nitrogens with one attached hydrogen (secondary N) is 1. The van der Waals surface area contributed by atoms with Crippen molar-refractivity contribution in [3.05, 3.63) is 35.9 Å². The van der Waals surface area contributed by atoms with E-state index in [1.165, 1.54) is 5.56 Å². The topological polar surface area (TPSA) is 49.3 Å². The van der Waals surface area contributed by atoms with Gasteiger partial charge in [0.2, 0.25) is 5.91 Å². The largest absolute Gasteiger partial charge is 0.396 e. The first-order valence-electron chi connectivity index (χ1n) is 5.26. The summed E-state index contributed by atoms with van der Waals surface area (Å²) in [6.45, 7) is 0.119. The van der Waals surface area contributed by atoms with Gasteiger partial charge in [-0.2, -0.15) is 0 Å². The van der Waals surface area contributed by atoms with Crippen molar-refractivity contribution in [1.29, 1.82) is 0 Å². The Balaban J connectivity index is 2.17. The molecule has 2 atom stereocenters. The molecule has 80 valence electrons. The summed E-state index contributed by atoms with van der Waals surface area (Å²) in [5, 5.41) is 11.8. The molecule has 1 aliphatic heterocycles. The van der Waals surface area contributed by atoms with Crippen molar-refractivity contribution in [2.75, 3.05) is 6.61 Å². The number of carbonyl (C=O) groups is 1. The molecule has 0 aromatic heterocycles. The highest BCUT2D eigenvalue weighted by Gasteiger charge is 2.32. The summed E-state index contributed by atoms with van der Waals surface area (Å²) in [6, 6.07) is 10.1. The van der Waals surface area contributed by atoms with Gasteiger partial charge in [0.25, 0.3) is 0 Å². The highest BCUT2D eigenvalue weighted by Crippen LogP contribution is 2.29. The summed E-state index contributed by atoms with van der Waals surface area (Å²) in [5.41, 5.74) is 1.18. The third-order valence-electron chi connectivity index (χ3n) is 2.91. The molecular formula is C12H15NO2. The third-order valence-corrected chi connectivity index (χ3v) is 2.91. The van der Waals surface area contributed by atoms with Crippen LogP contribution >= 0.6 is 0 Å². The van der Waals surface area contributed by atoms with Crippen molar-refractivity contribution in [2.45, 2.75) is 24.8 Å². The minimum Gasteiger partial charge on any atom is -0.396 e. The number of amides is 1. The molecule has 0 saturated carbocycles. The molecule has 15 heavy (non-hydrogen) atoms. The van der Waals surface area contributed by atoms with Gasteiger partial charge < -0.3 is 10.4 Å². The van der Waals surface area contributed by atoms with Crippen LogP contribution in [0.15, 0.2) is 30.3 Å². The Bertz CT molecular complexity index is 337. The first-order chi connectivity index (χ1) is 7.31. The molecule has 1 heterocycles.